The molecule has 0 aliphatic carbocycles. The number of hydrogen-bond acceptors (Lipinski definition) is 5. The number of thiophene rings is 1. The van der Waals surface area contributed by atoms with Gasteiger partial charge in [0, 0.05) is 26.7 Å². The van der Waals surface area contributed by atoms with E-state index in [9.17, 15) is 4.79 Å². The molecular formula is C18H22N4O3S. The number of nitrogens with zero attached hydrogens (tertiary/aromatic N) is 1. The number of nitrogens with one attached hydrogen (secondary N) is 3. The second-order valence-corrected chi connectivity index (χ2v) is 6.57. The number of hydrogen-bond donors (Lipinski definition) is 3. The van der Waals surface area contributed by atoms with Gasteiger partial charge in [-0.25, -0.2) is 0 Å². The number of carbonyl (C=O) groups is 1. The molecule has 2 heterocycles. The van der Waals surface area contributed by atoms with Crippen LogP contribution < -0.4 is 25.4 Å². The fourth-order valence-corrected chi connectivity index (χ4v) is 3.09. The van der Waals surface area contributed by atoms with E-state index in [1.807, 2.05) is 35.7 Å². The Balaban J connectivity index is 1.34. The Hall–Kier alpha value is -2.74. The van der Waals surface area contributed by atoms with Crippen molar-refractivity contribution in [3.8, 4) is 11.5 Å². The highest BCUT2D eigenvalue weighted by Gasteiger charge is 2.13. The monoisotopic (exact) mass is 374 g/mol. The van der Waals surface area contributed by atoms with Crippen molar-refractivity contribution in [3.05, 3.63) is 46.2 Å². The van der Waals surface area contributed by atoms with E-state index in [-0.39, 0.29) is 12.7 Å². The minimum Gasteiger partial charge on any atom is -0.454 e. The minimum atomic E-state index is -0.0229. The zero-order valence-corrected chi connectivity index (χ0v) is 15.4. The summed E-state index contributed by atoms with van der Waals surface area (Å²) in [5.41, 5.74) is 1.08. The number of benzene rings is 1. The molecule has 0 spiro atoms. The van der Waals surface area contributed by atoms with Crippen LogP contribution in [-0.2, 0) is 6.54 Å². The topological polar surface area (TPSA) is 84.0 Å². The summed E-state index contributed by atoms with van der Waals surface area (Å²) in [6.07, 6.45) is 0.807. The lowest BCUT2D eigenvalue weighted by atomic mass is 10.2. The molecule has 0 unspecified atom stereocenters. The summed E-state index contributed by atoms with van der Waals surface area (Å²) in [6.45, 7) is 2.23. The van der Waals surface area contributed by atoms with Crippen molar-refractivity contribution in [2.24, 2.45) is 4.99 Å². The van der Waals surface area contributed by atoms with Gasteiger partial charge in [0.15, 0.2) is 17.5 Å². The van der Waals surface area contributed by atoms with E-state index in [0.717, 1.165) is 28.4 Å². The third-order valence-electron chi connectivity index (χ3n) is 3.80. The average Bonchev–Trinajstić information content (AvgIpc) is 3.35. The second kappa shape index (κ2) is 9.10. The molecule has 1 aliphatic rings. The van der Waals surface area contributed by atoms with Crippen LogP contribution in [0.3, 0.4) is 0 Å². The van der Waals surface area contributed by atoms with Gasteiger partial charge in [-0.15, -0.1) is 11.3 Å². The van der Waals surface area contributed by atoms with Crippen LogP contribution in [0.2, 0.25) is 0 Å². The van der Waals surface area contributed by atoms with Crippen molar-refractivity contribution in [2.45, 2.75) is 13.0 Å². The Labute approximate surface area is 156 Å². The number of amides is 1. The highest BCUT2D eigenvalue weighted by atomic mass is 32.1. The maximum absolute atomic E-state index is 11.8. The first kappa shape index (κ1) is 18.1. The molecule has 0 saturated heterocycles. The smallest absolute Gasteiger partial charge is 0.261 e. The van der Waals surface area contributed by atoms with Gasteiger partial charge in [0.25, 0.3) is 5.91 Å². The van der Waals surface area contributed by atoms with Gasteiger partial charge in [0.1, 0.15) is 0 Å². The largest absolute Gasteiger partial charge is 0.454 e. The zero-order valence-electron chi connectivity index (χ0n) is 14.6. The van der Waals surface area contributed by atoms with Gasteiger partial charge in [0.05, 0.1) is 4.88 Å². The number of fused-ring (bicyclic) bond motifs is 1. The lowest BCUT2D eigenvalue weighted by Gasteiger charge is -2.12. The molecule has 26 heavy (non-hydrogen) atoms. The van der Waals surface area contributed by atoms with E-state index < -0.39 is 0 Å². The molecule has 0 bridgehead atoms. The molecule has 2 aromatic rings. The first-order chi connectivity index (χ1) is 12.8. The van der Waals surface area contributed by atoms with Crippen LogP contribution in [0.1, 0.15) is 21.7 Å². The average molecular weight is 374 g/mol. The summed E-state index contributed by atoms with van der Waals surface area (Å²) >= 11 is 1.44. The predicted molar refractivity (Wildman–Crippen MR) is 102 cm³/mol. The van der Waals surface area contributed by atoms with Gasteiger partial charge >= 0.3 is 0 Å². The lowest BCUT2D eigenvalue weighted by Crippen LogP contribution is -2.38. The van der Waals surface area contributed by atoms with Crippen LogP contribution in [0.25, 0.3) is 0 Å². The summed E-state index contributed by atoms with van der Waals surface area (Å²) in [5.74, 6) is 2.24. The van der Waals surface area contributed by atoms with E-state index in [2.05, 4.69) is 20.9 Å². The number of ether oxygens (including phenoxy) is 2. The fourth-order valence-electron chi connectivity index (χ4n) is 2.45. The Morgan fingerprint density at radius 1 is 1.15 bits per heavy atom. The van der Waals surface area contributed by atoms with Crippen molar-refractivity contribution in [3.63, 3.8) is 0 Å². The summed E-state index contributed by atoms with van der Waals surface area (Å²) in [5, 5.41) is 11.3. The van der Waals surface area contributed by atoms with Crippen molar-refractivity contribution in [1.29, 1.82) is 0 Å². The highest BCUT2D eigenvalue weighted by molar-refractivity contribution is 7.12. The lowest BCUT2D eigenvalue weighted by molar-refractivity contribution is 0.0957. The summed E-state index contributed by atoms with van der Waals surface area (Å²) in [6, 6.07) is 9.56. The predicted octanol–water partition coefficient (Wildman–Crippen LogP) is 1.96. The molecule has 8 heteroatoms. The van der Waals surface area contributed by atoms with Crippen LogP contribution in [0.15, 0.2) is 40.7 Å². The Kier molecular flexibility index (Phi) is 6.32. The SMILES string of the molecule is CN=C(NCCCNC(=O)c1cccs1)NCc1ccc2c(c1)OCO2. The van der Waals surface area contributed by atoms with Crippen molar-refractivity contribution in [1.82, 2.24) is 16.0 Å². The molecular weight excluding hydrogens is 352 g/mol. The Bertz CT molecular complexity index is 762. The molecule has 0 atom stereocenters. The molecule has 7 nitrogen and oxygen atoms in total. The molecule has 0 fully saturated rings. The minimum absolute atomic E-state index is 0.0229. The number of carbonyl (C=O) groups excluding carboxylic acids is 1. The Morgan fingerprint density at radius 3 is 2.81 bits per heavy atom. The Morgan fingerprint density at radius 2 is 2.00 bits per heavy atom. The van der Waals surface area contributed by atoms with E-state index in [0.29, 0.717) is 25.6 Å². The van der Waals surface area contributed by atoms with Gasteiger partial charge in [-0.05, 0) is 35.6 Å². The number of rotatable bonds is 7. The van der Waals surface area contributed by atoms with Crippen LogP contribution in [0.4, 0.5) is 0 Å². The molecule has 3 rings (SSSR count). The maximum atomic E-state index is 11.8. The van der Waals surface area contributed by atoms with E-state index in [4.69, 9.17) is 9.47 Å². The van der Waals surface area contributed by atoms with Gasteiger partial charge < -0.3 is 25.4 Å². The summed E-state index contributed by atoms with van der Waals surface area (Å²) in [4.78, 5) is 16.8. The highest BCUT2D eigenvalue weighted by Crippen LogP contribution is 2.32. The van der Waals surface area contributed by atoms with E-state index in [1.165, 1.54) is 11.3 Å². The second-order valence-electron chi connectivity index (χ2n) is 5.63. The van der Waals surface area contributed by atoms with Gasteiger partial charge in [-0.3, -0.25) is 9.79 Å². The molecule has 1 aromatic carbocycles. The van der Waals surface area contributed by atoms with Crippen molar-refractivity contribution >= 4 is 23.2 Å². The quantitative estimate of drug-likeness (QED) is 0.392. The van der Waals surface area contributed by atoms with Gasteiger partial charge in [-0.1, -0.05) is 12.1 Å². The van der Waals surface area contributed by atoms with Gasteiger partial charge in [0.2, 0.25) is 6.79 Å². The molecule has 0 saturated carbocycles. The molecule has 0 radical (unpaired) electrons. The molecule has 1 amide bonds. The van der Waals surface area contributed by atoms with Crippen LogP contribution >= 0.6 is 11.3 Å². The summed E-state index contributed by atoms with van der Waals surface area (Å²) in [7, 11) is 1.73. The summed E-state index contributed by atoms with van der Waals surface area (Å²) < 4.78 is 10.7. The van der Waals surface area contributed by atoms with Crippen LogP contribution in [0.5, 0.6) is 11.5 Å². The normalized spacial score (nSPS) is 12.7. The van der Waals surface area contributed by atoms with Crippen LogP contribution in [0, 0.1) is 0 Å². The molecule has 3 N–H and O–H groups in total. The van der Waals surface area contributed by atoms with Crippen molar-refractivity contribution in [2.75, 3.05) is 26.9 Å². The first-order valence-corrected chi connectivity index (χ1v) is 9.29. The van der Waals surface area contributed by atoms with Crippen LogP contribution in [-0.4, -0.2) is 38.8 Å². The first-order valence-electron chi connectivity index (χ1n) is 8.41. The van der Waals surface area contributed by atoms with Crippen molar-refractivity contribution < 1.29 is 14.3 Å². The maximum Gasteiger partial charge on any atom is 0.261 e. The van der Waals surface area contributed by atoms with E-state index in [1.54, 1.807) is 7.05 Å². The third kappa shape index (κ3) is 4.89. The van der Waals surface area contributed by atoms with Gasteiger partial charge in [-0.2, -0.15) is 0 Å². The number of guanidine groups is 1. The molecule has 1 aromatic heterocycles. The molecule has 1 aliphatic heterocycles. The number of aliphatic imine (C=N–C) groups is 1. The fraction of sp³-hybridized carbons (Fsp3) is 0.333. The van der Waals surface area contributed by atoms with E-state index >= 15 is 0 Å². The standard InChI is InChI=1S/C18H22N4O3S/c1-19-18(21-8-3-7-20-17(23)16-4-2-9-26-16)22-11-13-5-6-14-15(10-13)25-12-24-14/h2,4-6,9-10H,3,7-8,11-12H2,1H3,(H,20,23)(H2,19,21,22). The zero-order chi connectivity index (χ0) is 18.2. The third-order valence-corrected chi connectivity index (χ3v) is 4.67. The molecule has 138 valence electrons.